The van der Waals surface area contributed by atoms with Crippen LogP contribution >= 0.6 is 0 Å². The van der Waals surface area contributed by atoms with Gasteiger partial charge in [-0.15, -0.1) is 0 Å². The second-order valence-electron chi connectivity index (χ2n) is 4.51. The molecule has 0 spiro atoms. The molecule has 3 atom stereocenters. The molecule has 1 aliphatic rings. The number of hydrogen-bond acceptors (Lipinski definition) is 2. The van der Waals surface area contributed by atoms with Crippen molar-refractivity contribution in [2.24, 2.45) is 17.6 Å². The minimum Gasteiger partial charge on any atom is -0.369 e. The van der Waals surface area contributed by atoms with Crippen LogP contribution in [0.4, 0.5) is 0 Å². The third-order valence-electron chi connectivity index (χ3n) is 3.42. The predicted molar refractivity (Wildman–Crippen MR) is 63.8 cm³/mol. The van der Waals surface area contributed by atoms with Gasteiger partial charge in [0.15, 0.2) is 0 Å². The number of nitrogens with two attached hydrogens (primary N) is 1. The van der Waals surface area contributed by atoms with Crippen LogP contribution in [-0.2, 0) is 9.59 Å². The largest absolute Gasteiger partial charge is 0.369 e. The lowest BCUT2D eigenvalue weighted by molar-refractivity contribution is -0.123. The topological polar surface area (TPSA) is 72.2 Å². The van der Waals surface area contributed by atoms with Gasteiger partial charge < -0.3 is 11.1 Å². The van der Waals surface area contributed by atoms with Gasteiger partial charge in [0.1, 0.15) is 0 Å². The average molecular weight is 232 g/mol. The molecule has 4 heteroatoms. The summed E-state index contributed by atoms with van der Waals surface area (Å²) in [6, 6.07) is 9.57. The van der Waals surface area contributed by atoms with E-state index >= 15 is 0 Å². The van der Waals surface area contributed by atoms with Crippen molar-refractivity contribution in [3.8, 4) is 0 Å². The Labute approximate surface area is 100 Å². The maximum absolute atomic E-state index is 11.5. The van der Waals surface area contributed by atoms with Gasteiger partial charge in [0, 0.05) is 18.3 Å². The zero-order valence-corrected chi connectivity index (χ0v) is 9.72. The Balaban J connectivity index is 2.26. The zero-order valence-electron chi connectivity index (χ0n) is 9.72. The maximum Gasteiger partial charge on any atom is 0.220 e. The van der Waals surface area contributed by atoms with Crippen molar-refractivity contribution in [3.05, 3.63) is 35.9 Å². The number of hydrogen-bond donors (Lipinski definition) is 2. The molecule has 17 heavy (non-hydrogen) atoms. The quantitative estimate of drug-likeness (QED) is 0.815. The van der Waals surface area contributed by atoms with Crippen molar-refractivity contribution in [1.82, 2.24) is 5.32 Å². The van der Waals surface area contributed by atoms with Crippen LogP contribution < -0.4 is 11.1 Å². The summed E-state index contributed by atoms with van der Waals surface area (Å²) in [4.78, 5) is 22.8. The molecule has 4 nitrogen and oxygen atoms in total. The summed E-state index contributed by atoms with van der Waals surface area (Å²) in [7, 11) is 0. The number of primary amides is 1. The number of carbonyl (C=O) groups excluding carboxylic acids is 2. The molecule has 0 aliphatic carbocycles. The fourth-order valence-corrected chi connectivity index (χ4v) is 2.34. The highest BCUT2D eigenvalue weighted by atomic mass is 16.2. The minimum atomic E-state index is -0.354. The van der Waals surface area contributed by atoms with E-state index in [9.17, 15) is 9.59 Å². The molecule has 0 aromatic heterocycles. The van der Waals surface area contributed by atoms with E-state index in [0.29, 0.717) is 6.42 Å². The third kappa shape index (κ3) is 2.30. The number of carbonyl (C=O) groups is 2. The van der Waals surface area contributed by atoms with Gasteiger partial charge in [-0.2, -0.15) is 0 Å². The highest BCUT2D eigenvalue weighted by Crippen LogP contribution is 2.35. The van der Waals surface area contributed by atoms with E-state index in [1.165, 1.54) is 0 Å². The highest BCUT2D eigenvalue weighted by Gasteiger charge is 2.38. The van der Waals surface area contributed by atoms with Gasteiger partial charge in [-0.3, -0.25) is 9.59 Å². The molecule has 2 amide bonds. The van der Waals surface area contributed by atoms with Crippen LogP contribution in [0.2, 0.25) is 0 Å². The average Bonchev–Trinajstić information content (AvgIpc) is 2.71. The zero-order chi connectivity index (χ0) is 12.4. The molecule has 1 aliphatic heterocycles. The summed E-state index contributed by atoms with van der Waals surface area (Å²) in [6.07, 6.45) is 0.365. The van der Waals surface area contributed by atoms with Gasteiger partial charge in [0.25, 0.3) is 0 Å². The molecule has 0 bridgehead atoms. The Morgan fingerprint density at radius 2 is 2.06 bits per heavy atom. The Kier molecular flexibility index (Phi) is 3.13. The fraction of sp³-hybridized carbons (Fsp3) is 0.385. The first-order valence-corrected chi connectivity index (χ1v) is 5.73. The molecular formula is C13H16N2O2. The summed E-state index contributed by atoms with van der Waals surface area (Å²) < 4.78 is 0. The van der Waals surface area contributed by atoms with Gasteiger partial charge in [0.05, 0.1) is 6.04 Å². The van der Waals surface area contributed by atoms with Crippen molar-refractivity contribution in [3.63, 3.8) is 0 Å². The van der Waals surface area contributed by atoms with Gasteiger partial charge in [0.2, 0.25) is 11.8 Å². The summed E-state index contributed by atoms with van der Waals surface area (Å²) in [5, 5.41) is 2.91. The lowest BCUT2D eigenvalue weighted by Gasteiger charge is -2.22. The van der Waals surface area contributed by atoms with Crippen LogP contribution in [0, 0.1) is 11.8 Å². The van der Waals surface area contributed by atoms with Crippen LogP contribution in [0.3, 0.4) is 0 Å². The molecule has 1 heterocycles. The van der Waals surface area contributed by atoms with Crippen LogP contribution in [0.25, 0.3) is 0 Å². The van der Waals surface area contributed by atoms with Crippen LogP contribution in [0.5, 0.6) is 0 Å². The summed E-state index contributed by atoms with van der Waals surface area (Å²) >= 11 is 0. The van der Waals surface area contributed by atoms with E-state index in [1.807, 2.05) is 30.3 Å². The van der Waals surface area contributed by atoms with Crippen LogP contribution in [0.1, 0.15) is 24.9 Å². The molecule has 3 N–H and O–H groups in total. The Bertz CT molecular complexity index is 430. The lowest BCUT2D eigenvalue weighted by Crippen LogP contribution is -2.31. The maximum atomic E-state index is 11.5. The molecule has 1 fully saturated rings. The predicted octanol–water partition coefficient (Wildman–Crippen LogP) is 0.985. The minimum absolute atomic E-state index is 0.0167. The van der Waals surface area contributed by atoms with E-state index in [-0.39, 0.29) is 29.7 Å². The van der Waals surface area contributed by atoms with E-state index in [4.69, 9.17) is 5.73 Å². The molecule has 2 rings (SSSR count). The Morgan fingerprint density at radius 1 is 1.41 bits per heavy atom. The summed E-state index contributed by atoms with van der Waals surface area (Å²) in [5.41, 5.74) is 6.35. The van der Waals surface area contributed by atoms with Crippen molar-refractivity contribution < 1.29 is 9.59 Å². The molecule has 90 valence electrons. The molecule has 1 aromatic carbocycles. The SMILES string of the molecule is CC(C(N)=O)C1CC(=O)NC1c1ccccc1. The first kappa shape index (κ1) is 11.6. The third-order valence-corrected chi connectivity index (χ3v) is 3.42. The monoisotopic (exact) mass is 232 g/mol. The molecular weight excluding hydrogens is 216 g/mol. The first-order valence-electron chi connectivity index (χ1n) is 5.73. The van der Waals surface area contributed by atoms with Gasteiger partial charge in [-0.1, -0.05) is 37.3 Å². The molecule has 0 radical (unpaired) electrons. The number of nitrogens with one attached hydrogen (secondary N) is 1. The van der Waals surface area contributed by atoms with E-state index in [1.54, 1.807) is 6.92 Å². The van der Waals surface area contributed by atoms with Gasteiger partial charge >= 0.3 is 0 Å². The van der Waals surface area contributed by atoms with Crippen molar-refractivity contribution in [1.29, 1.82) is 0 Å². The number of benzene rings is 1. The summed E-state index contributed by atoms with van der Waals surface area (Å²) in [6.45, 7) is 1.78. The second kappa shape index (κ2) is 4.57. The van der Waals surface area contributed by atoms with Crippen LogP contribution in [0.15, 0.2) is 30.3 Å². The van der Waals surface area contributed by atoms with Gasteiger partial charge in [-0.05, 0) is 5.56 Å². The van der Waals surface area contributed by atoms with Gasteiger partial charge in [-0.25, -0.2) is 0 Å². The van der Waals surface area contributed by atoms with E-state index in [2.05, 4.69) is 5.32 Å². The molecule has 1 saturated heterocycles. The standard InChI is InChI=1S/C13H16N2O2/c1-8(13(14)17)10-7-11(16)15-12(10)9-5-3-2-4-6-9/h2-6,8,10,12H,7H2,1H3,(H2,14,17)(H,15,16). The number of rotatable bonds is 3. The highest BCUT2D eigenvalue weighted by molar-refractivity contribution is 5.82. The normalized spacial score (nSPS) is 25.4. The molecule has 1 aromatic rings. The van der Waals surface area contributed by atoms with E-state index < -0.39 is 0 Å². The Morgan fingerprint density at radius 3 is 2.65 bits per heavy atom. The molecule has 0 saturated carbocycles. The van der Waals surface area contributed by atoms with Crippen molar-refractivity contribution in [2.75, 3.05) is 0 Å². The Hall–Kier alpha value is -1.84. The smallest absolute Gasteiger partial charge is 0.220 e. The second-order valence-corrected chi connectivity index (χ2v) is 4.51. The fourth-order valence-electron chi connectivity index (χ4n) is 2.34. The molecule has 3 unspecified atom stereocenters. The number of amides is 2. The first-order chi connectivity index (χ1) is 8.09. The summed E-state index contributed by atoms with van der Waals surface area (Å²) in [5.74, 6) is -0.731. The van der Waals surface area contributed by atoms with Crippen molar-refractivity contribution in [2.45, 2.75) is 19.4 Å². The lowest BCUT2D eigenvalue weighted by atomic mass is 9.84. The van der Waals surface area contributed by atoms with Crippen molar-refractivity contribution >= 4 is 11.8 Å². The van der Waals surface area contributed by atoms with Crippen LogP contribution in [-0.4, -0.2) is 11.8 Å². The van der Waals surface area contributed by atoms with E-state index in [0.717, 1.165) is 5.56 Å².